The number of hydrogen-bond acceptors (Lipinski definition) is 3. The Morgan fingerprint density at radius 2 is 1.94 bits per heavy atom. The molecule has 1 heterocycles. The lowest BCUT2D eigenvalue weighted by atomic mass is 10.4. The largest absolute Gasteiger partial charge is 0.475 e. The number of benzene rings is 1. The molecule has 0 saturated heterocycles. The molecule has 0 aliphatic heterocycles. The van der Waals surface area contributed by atoms with Gasteiger partial charge in [0.05, 0.1) is 5.75 Å². The lowest BCUT2D eigenvalue weighted by Crippen LogP contribution is -1.91. The molecule has 0 bridgehead atoms. The van der Waals surface area contributed by atoms with E-state index in [1.165, 1.54) is 6.07 Å². The zero-order valence-corrected chi connectivity index (χ0v) is 10.3. The van der Waals surface area contributed by atoms with Crippen molar-refractivity contribution in [3.05, 3.63) is 52.9 Å². The molecule has 1 N–H and O–H groups in total. The van der Waals surface area contributed by atoms with Gasteiger partial charge >= 0.3 is 5.97 Å². The van der Waals surface area contributed by atoms with Gasteiger partial charge in [-0.05, 0) is 36.4 Å². The van der Waals surface area contributed by atoms with Crippen LogP contribution in [0.25, 0.3) is 0 Å². The lowest BCUT2D eigenvalue weighted by molar-refractivity contribution is 0.0661. The molecule has 1 aromatic heterocycles. The summed E-state index contributed by atoms with van der Waals surface area (Å²) in [6, 6.07) is 10.6. The average Bonchev–Trinajstić information content (AvgIpc) is 2.77. The van der Waals surface area contributed by atoms with E-state index in [0.29, 0.717) is 16.5 Å². The van der Waals surface area contributed by atoms with Crippen LogP contribution in [0.3, 0.4) is 0 Å². The molecular formula is C12H9ClO3S. The molecule has 5 heteroatoms. The van der Waals surface area contributed by atoms with Crippen molar-refractivity contribution < 1.29 is 14.3 Å². The molecule has 2 aromatic rings. The van der Waals surface area contributed by atoms with Gasteiger partial charge in [-0.3, -0.25) is 0 Å². The highest BCUT2D eigenvalue weighted by molar-refractivity contribution is 7.98. The molecule has 0 aliphatic rings. The van der Waals surface area contributed by atoms with Crippen LogP contribution in [0.5, 0.6) is 0 Å². The van der Waals surface area contributed by atoms with E-state index < -0.39 is 5.97 Å². The van der Waals surface area contributed by atoms with Crippen molar-refractivity contribution in [3.8, 4) is 0 Å². The van der Waals surface area contributed by atoms with Crippen molar-refractivity contribution in [2.75, 3.05) is 0 Å². The molecule has 0 radical (unpaired) electrons. The second kappa shape index (κ2) is 5.29. The first-order chi connectivity index (χ1) is 8.15. The molecule has 0 atom stereocenters. The number of carboxylic acids is 1. The molecule has 1 aromatic carbocycles. The molecule has 88 valence electrons. The average molecular weight is 269 g/mol. The maximum absolute atomic E-state index is 10.6. The summed E-state index contributed by atoms with van der Waals surface area (Å²) in [5, 5.41) is 9.39. The van der Waals surface area contributed by atoms with Gasteiger partial charge < -0.3 is 9.52 Å². The van der Waals surface area contributed by atoms with Gasteiger partial charge in [-0.25, -0.2) is 4.79 Å². The van der Waals surface area contributed by atoms with E-state index in [4.69, 9.17) is 21.1 Å². The minimum absolute atomic E-state index is 0.0308. The van der Waals surface area contributed by atoms with Crippen LogP contribution in [0.1, 0.15) is 16.3 Å². The highest BCUT2D eigenvalue weighted by Crippen LogP contribution is 2.25. The topological polar surface area (TPSA) is 50.4 Å². The van der Waals surface area contributed by atoms with Crippen LogP contribution in [-0.4, -0.2) is 11.1 Å². The van der Waals surface area contributed by atoms with Crippen LogP contribution in [0.2, 0.25) is 5.02 Å². The van der Waals surface area contributed by atoms with Gasteiger partial charge in [0.15, 0.2) is 0 Å². The Morgan fingerprint density at radius 3 is 2.53 bits per heavy atom. The fraction of sp³-hybridized carbons (Fsp3) is 0.0833. The number of carboxylic acid groups (broad SMARTS) is 1. The summed E-state index contributed by atoms with van der Waals surface area (Å²) in [4.78, 5) is 11.7. The first-order valence-corrected chi connectivity index (χ1v) is 6.22. The number of rotatable bonds is 4. The number of halogens is 1. The van der Waals surface area contributed by atoms with Crippen molar-refractivity contribution in [1.82, 2.24) is 0 Å². The molecule has 0 aliphatic carbocycles. The van der Waals surface area contributed by atoms with Gasteiger partial charge in [-0.2, -0.15) is 0 Å². The van der Waals surface area contributed by atoms with Gasteiger partial charge in [0.1, 0.15) is 5.76 Å². The third-order valence-electron chi connectivity index (χ3n) is 2.07. The molecule has 2 rings (SSSR count). The summed E-state index contributed by atoms with van der Waals surface area (Å²) < 4.78 is 5.14. The standard InChI is InChI=1S/C12H9ClO3S/c13-8-1-4-10(5-2-8)17-7-9-3-6-11(16-9)12(14)15/h1-6H,7H2,(H,14,15). The van der Waals surface area contributed by atoms with Gasteiger partial charge in [-0.15, -0.1) is 11.8 Å². The predicted molar refractivity (Wildman–Crippen MR) is 66.7 cm³/mol. The van der Waals surface area contributed by atoms with E-state index in [9.17, 15) is 4.79 Å². The van der Waals surface area contributed by atoms with E-state index in [1.54, 1.807) is 17.8 Å². The number of hydrogen-bond donors (Lipinski definition) is 1. The molecule has 0 saturated carbocycles. The molecule has 3 nitrogen and oxygen atoms in total. The van der Waals surface area contributed by atoms with Gasteiger partial charge in [-0.1, -0.05) is 11.6 Å². The Kier molecular flexibility index (Phi) is 3.76. The highest BCUT2D eigenvalue weighted by Gasteiger charge is 2.08. The van der Waals surface area contributed by atoms with Crippen molar-refractivity contribution in [2.45, 2.75) is 10.6 Å². The van der Waals surface area contributed by atoms with Gasteiger partial charge in [0.2, 0.25) is 5.76 Å². The van der Waals surface area contributed by atoms with E-state index in [-0.39, 0.29) is 5.76 Å². The van der Waals surface area contributed by atoms with Crippen LogP contribution in [0.4, 0.5) is 0 Å². The molecule has 0 amide bonds. The first-order valence-electron chi connectivity index (χ1n) is 4.85. The van der Waals surface area contributed by atoms with E-state index >= 15 is 0 Å². The number of furan rings is 1. The zero-order valence-electron chi connectivity index (χ0n) is 8.72. The van der Waals surface area contributed by atoms with Crippen molar-refractivity contribution in [2.24, 2.45) is 0 Å². The van der Waals surface area contributed by atoms with E-state index in [0.717, 1.165) is 4.90 Å². The molecular weight excluding hydrogens is 260 g/mol. The molecule has 17 heavy (non-hydrogen) atoms. The van der Waals surface area contributed by atoms with Crippen molar-refractivity contribution >= 4 is 29.3 Å². The van der Waals surface area contributed by atoms with Crippen LogP contribution in [0.15, 0.2) is 45.7 Å². The van der Waals surface area contributed by atoms with Crippen LogP contribution in [-0.2, 0) is 5.75 Å². The zero-order chi connectivity index (χ0) is 12.3. The highest BCUT2D eigenvalue weighted by atomic mass is 35.5. The Bertz CT molecular complexity index is 519. The Balaban J connectivity index is 1.97. The monoisotopic (exact) mass is 268 g/mol. The van der Waals surface area contributed by atoms with Crippen molar-refractivity contribution in [1.29, 1.82) is 0 Å². The first kappa shape index (κ1) is 12.1. The predicted octanol–water partition coefficient (Wildman–Crippen LogP) is 3.92. The summed E-state index contributed by atoms with van der Waals surface area (Å²) >= 11 is 7.34. The number of aromatic carboxylic acids is 1. The summed E-state index contributed by atoms with van der Waals surface area (Å²) in [7, 11) is 0. The summed E-state index contributed by atoms with van der Waals surface area (Å²) in [5.41, 5.74) is 0. The SMILES string of the molecule is O=C(O)c1ccc(CSc2ccc(Cl)cc2)o1. The van der Waals surface area contributed by atoms with E-state index in [2.05, 4.69) is 0 Å². The maximum atomic E-state index is 10.6. The van der Waals surface area contributed by atoms with E-state index in [1.807, 2.05) is 24.3 Å². The second-order valence-corrected chi connectivity index (χ2v) is 4.80. The quantitative estimate of drug-likeness (QED) is 0.854. The normalized spacial score (nSPS) is 10.4. The summed E-state index contributed by atoms with van der Waals surface area (Å²) in [5.74, 6) is 0.154. The van der Waals surface area contributed by atoms with Crippen LogP contribution in [0, 0.1) is 0 Å². The summed E-state index contributed by atoms with van der Waals surface area (Å²) in [6.07, 6.45) is 0. The number of thioether (sulfide) groups is 1. The second-order valence-electron chi connectivity index (χ2n) is 3.31. The fourth-order valence-electron chi connectivity index (χ4n) is 1.26. The minimum atomic E-state index is -1.05. The Labute approximate surface area is 107 Å². The summed E-state index contributed by atoms with van der Waals surface area (Å²) in [6.45, 7) is 0. The third kappa shape index (κ3) is 3.28. The van der Waals surface area contributed by atoms with Crippen molar-refractivity contribution in [3.63, 3.8) is 0 Å². The third-order valence-corrected chi connectivity index (χ3v) is 3.35. The minimum Gasteiger partial charge on any atom is -0.475 e. The molecule has 0 spiro atoms. The Hall–Kier alpha value is -1.39. The smallest absolute Gasteiger partial charge is 0.371 e. The Morgan fingerprint density at radius 1 is 1.24 bits per heavy atom. The molecule has 0 unspecified atom stereocenters. The number of carbonyl (C=O) groups is 1. The lowest BCUT2D eigenvalue weighted by Gasteiger charge is -1.99. The van der Waals surface area contributed by atoms with Crippen LogP contribution >= 0.6 is 23.4 Å². The maximum Gasteiger partial charge on any atom is 0.371 e. The van der Waals surface area contributed by atoms with Crippen LogP contribution < -0.4 is 0 Å². The fourth-order valence-corrected chi connectivity index (χ4v) is 2.17. The van der Waals surface area contributed by atoms with Gasteiger partial charge in [0, 0.05) is 9.92 Å². The molecule has 0 fully saturated rings. The van der Waals surface area contributed by atoms with Gasteiger partial charge in [0.25, 0.3) is 0 Å².